The van der Waals surface area contributed by atoms with Crippen molar-refractivity contribution in [1.29, 1.82) is 0 Å². The van der Waals surface area contributed by atoms with Crippen LogP contribution in [0.5, 0.6) is 0 Å². The van der Waals surface area contributed by atoms with Crippen molar-refractivity contribution < 1.29 is 9.47 Å². The third kappa shape index (κ3) is 4.02. The summed E-state index contributed by atoms with van der Waals surface area (Å²) in [5, 5.41) is -0.0337. The van der Waals surface area contributed by atoms with Crippen LogP contribution in [0.3, 0.4) is 0 Å². The summed E-state index contributed by atoms with van der Waals surface area (Å²) in [5.74, 6) is 0.730. The van der Waals surface area contributed by atoms with E-state index in [4.69, 9.17) is 9.47 Å². The van der Waals surface area contributed by atoms with E-state index < -0.39 is 0 Å². The molecule has 0 radical (unpaired) electrons. The van der Waals surface area contributed by atoms with Crippen molar-refractivity contribution in [3.8, 4) is 0 Å². The number of thioether (sulfide) groups is 1. The van der Waals surface area contributed by atoms with Crippen molar-refractivity contribution in [3.63, 3.8) is 0 Å². The van der Waals surface area contributed by atoms with Crippen molar-refractivity contribution in [1.82, 2.24) is 9.55 Å². The normalized spacial score (nSPS) is 21.5. The second kappa shape index (κ2) is 7.99. The summed E-state index contributed by atoms with van der Waals surface area (Å²) in [6.07, 6.45) is 1.82. The lowest BCUT2D eigenvalue weighted by Gasteiger charge is -2.26. The van der Waals surface area contributed by atoms with Crippen molar-refractivity contribution in [2.75, 3.05) is 31.3 Å². The van der Waals surface area contributed by atoms with E-state index in [-0.39, 0.29) is 16.5 Å². The maximum atomic E-state index is 12.3. The van der Waals surface area contributed by atoms with Gasteiger partial charge in [-0.1, -0.05) is 0 Å². The van der Waals surface area contributed by atoms with Crippen LogP contribution in [0, 0.1) is 0 Å². The first-order valence-corrected chi connectivity index (χ1v) is 8.71. The van der Waals surface area contributed by atoms with Gasteiger partial charge in [-0.05, 0) is 33.8 Å². The molecule has 1 aliphatic heterocycles. The van der Waals surface area contributed by atoms with Gasteiger partial charge < -0.3 is 14.4 Å². The zero-order chi connectivity index (χ0) is 16.1. The van der Waals surface area contributed by atoms with Gasteiger partial charge in [-0.3, -0.25) is 4.57 Å². The highest BCUT2D eigenvalue weighted by Crippen LogP contribution is 2.34. The zero-order valence-corrected chi connectivity index (χ0v) is 14.5. The number of hydrogen-bond acceptors (Lipinski definition) is 6. The summed E-state index contributed by atoms with van der Waals surface area (Å²) < 4.78 is 12.7. The summed E-state index contributed by atoms with van der Waals surface area (Å²) in [7, 11) is 0. The van der Waals surface area contributed by atoms with Crippen molar-refractivity contribution in [2.24, 2.45) is 0 Å². The van der Waals surface area contributed by atoms with Crippen LogP contribution < -0.4 is 10.6 Å². The first-order chi connectivity index (χ1) is 10.6. The summed E-state index contributed by atoms with van der Waals surface area (Å²) in [5.41, 5.74) is -0.242. The number of rotatable bonds is 7. The van der Waals surface area contributed by atoms with Crippen LogP contribution in [-0.2, 0) is 9.47 Å². The van der Waals surface area contributed by atoms with Crippen LogP contribution in [0.4, 0.5) is 5.82 Å². The van der Waals surface area contributed by atoms with Crippen LogP contribution in [0.2, 0.25) is 0 Å². The molecule has 7 heteroatoms. The van der Waals surface area contributed by atoms with Gasteiger partial charge in [0.05, 0.1) is 13.2 Å². The molecule has 1 aromatic rings. The molecule has 0 spiro atoms. The SMILES string of the molecule is CCOC[C@H]1OCC(n2ccc(N(CC)C(C)C)nc2=O)S1. The van der Waals surface area contributed by atoms with Gasteiger partial charge in [-0.15, -0.1) is 11.8 Å². The summed E-state index contributed by atoms with van der Waals surface area (Å²) in [6.45, 7) is 10.8. The third-order valence-electron chi connectivity index (χ3n) is 3.58. The highest BCUT2D eigenvalue weighted by molar-refractivity contribution is 8.00. The molecule has 0 aromatic carbocycles. The number of aromatic nitrogens is 2. The topological polar surface area (TPSA) is 56.6 Å². The second-order valence-corrected chi connectivity index (χ2v) is 6.71. The second-order valence-electron chi connectivity index (χ2n) is 5.37. The van der Waals surface area contributed by atoms with E-state index in [0.717, 1.165) is 12.4 Å². The van der Waals surface area contributed by atoms with Crippen LogP contribution in [0.1, 0.15) is 33.1 Å². The van der Waals surface area contributed by atoms with Crippen LogP contribution in [0.25, 0.3) is 0 Å². The molecule has 1 unspecified atom stereocenters. The minimum atomic E-state index is -0.227. The molecule has 2 atom stereocenters. The molecular weight excluding hydrogens is 302 g/mol. The van der Waals surface area contributed by atoms with Crippen LogP contribution in [-0.4, -0.2) is 47.4 Å². The highest BCUT2D eigenvalue weighted by atomic mass is 32.2. The first-order valence-electron chi connectivity index (χ1n) is 7.77. The minimum absolute atomic E-state index is 0.0145. The van der Waals surface area contributed by atoms with E-state index >= 15 is 0 Å². The molecule has 124 valence electrons. The van der Waals surface area contributed by atoms with Gasteiger partial charge in [-0.2, -0.15) is 4.98 Å². The molecule has 1 aliphatic rings. The number of ether oxygens (including phenoxy) is 2. The van der Waals surface area contributed by atoms with E-state index in [9.17, 15) is 4.79 Å². The molecule has 1 aromatic heterocycles. The standard InChI is InChI=1S/C15H25N3O3S/c1-5-17(11(3)4)12-7-8-18(15(19)16-12)13-9-21-14(22-13)10-20-6-2/h7-8,11,13-14H,5-6,9-10H2,1-4H3/t13?,14-/m0/s1. The Morgan fingerprint density at radius 2 is 2.32 bits per heavy atom. The van der Waals surface area contributed by atoms with Gasteiger partial charge in [0.2, 0.25) is 0 Å². The van der Waals surface area contributed by atoms with E-state index in [1.807, 2.05) is 19.2 Å². The van der Waals surface area contributed by atoms with E-state index in [0.29, 0.717) is 25.9 Å². The lowest BCUT2D eigenvalue weighted by molar-refractivity contribution is 0.0426. The Hall–Kier alpha value is -1.05. The molecule has 0 aliphatic carbocycles. The molecular formula is C15H25N3O3S. The predicted molar refractivity (Wildman–Crippen MR) is 89.5 cm³/mol. The Kier molecular flexibility index (Phi) is 6.28. The monoisotopic (exact) mass is 327 g/mol. The average molecular weight is 327 g/mol. The van der Waals surface area contributed by atoms with Gasteiger partial charge in [0.25, 0.3) is 0 Å². The van der Waals surface area contributed by atoms with E-state index in [2.05, 4.69) is 30.7 Å². The van der Waals surface area contributed by atoms with Gasteiger partial charge in [0, 0.05) is 25.4 Å². The zero-order valence-electron chi connectivity index (χ0n) is 13.7. The Labute approximate surface area is 135 Å². The summed E-state index contributed by atoms with van der Waals surface area (Å²) >= 11 is 1.61. The number of anilines is 1. The highest BCUT2D eigenvalue weighted by Gasteiger charge is 2.28. The molecule has 0 amide bonds. The molecule has 0 N–H and O–H groups in total. The molecule has 22 heavy (non-hydrogen) atoms. The van der Waals surface area contributed by atoms with Crippen molar-refractivity contribution >= 4 is 17.6 Å². The average Bonchev–Trinajstić information content (AvgIpc) is 2.94. The molecule has 2 heterocycles. The van der Waals surface area contributed by atoms with Crippen LogP contribution in [0.15, 0.2) is 17.1 Å². The third-order valence-corrected chi connectivity index (χ3v) is 4.83. The van der Waals surface area contributed by atoms with Crippen molar-refractivity contribution in [2.45, 2.75) is 44.5 Å². The van der Waals surface area contributed by atoms with E-state index in [1.54, 1.807) is 16.3 Å². The molecule has 1 fully saturated rings. The Balaban J connectivity index is 2.09. The fraction of sp³-hybridized carbons (Fsp3) is 0.733. The van der Waals surface area contributed by atoms with Crippen LogP contribution >= 0.6 is 11.8 Å². The largest absolute Gasteiger partial charge is 0.378 e. The van der Waals surface area contributed by atoms with Gasteiger partial charge >= 0.3 is 5.69 Å². The summed E-state index contributed by atoms with van der Waals surface area (Å²) in [6, 6.07) is 2.22. The molecule has 0 bridgehead atoms. The maximum absolute atomic E-state index is 12.3. The van der Waals surface area contributed by atoms with E-state index in [1.165, 1.54) is 0 Å². The van der Waals surface area contributed by atoms with Crippen molar-refractivity contribution in [3.05, 3.63) is 22.7 Å². The predicted octanol–water partition coefficient (Wildman–Crippen LogP) is 2.10. The Morgan fingerprint density at radius 3 is 2.91 bits per heavy atom. The Bertz CT molecular complexity index is 535. The summed E-state index contributed by atoms with van der Waals surface area (Å²) in [4.78, 5) is 18.6. The first kappa shape index (κ1) is 17.3. The number of hydrogen-bond donors (Lipinski definition) is 0. The fourth-order valence-electron chi connectivity index (χ4n) is 2.47. The molecule has 0 saturated carbocycles. The van der Waals surface area contributed by atoms with Gasteiger partial charge in [0.1, 0.15) is 16.6 Å². The smallest absolute Gasteiger partial charge is 0.350 e. The molecule has 2 rings (SSSR count). The Morgan fingerprint density at radius 1 is 1.55 bits per heavy atom. The lowest BCUT2D eigenvalue weighted by atomic mass is 10.3. The van der Waals surface area contributed by atoms with Gasteiger partial charge in [0.15, 0.2) is 0 Å². The lowest BCUT2D eigenvalue weighted by Crippen LogP contribution is -2.34. The number of nitrogens with zero attached hydrogens (tertiary/aromatic N) is 3. The van der Waals surface area contributed by atoms with Gasteiger partial charge in [-0.25, -0.2) is 4.79 Å². The molecule has 6 nitrogen and oxygen atoms in total. The molecule has 1 saturated heterocycles. The minimum Gasteiger partial charge on any atom is -0.378 e. The quantitative estimate of drug-likeness (QED) is 0.764. The maximum Gasteiger partial charge on any atom is 0.350 e. The fourth-order valence-corrected chi connectivity index (χ4v) is 3.60.